The van der Waals surface area contributed by atoms with E-state index in [1.54, 1.807) is 0 Å². The minimum absolute atomic E-state index is 1.09. The molecule has 0 heterocycles. The van der Waals surface area contributed by atoms with Gasteiger partial charge in [0.25, 0.3) is 0 Å². The lowest BCUT2D eigenvalue weighted by molar-refractivity contribution is 1.28. The van der Waals surface area contributed by atoms with E-state index in [4.69, 9.17) is 0 Å². The summed E-state index contributed by atoms with van der Waals surface area (Å²) < 4.78 is 0. The Labute approximate surface area is 357 Å². The SMILES string of the molecule is c1ccc(-c2ccc(-c3ccc4ccccc4c3)cc2N(c2ccc(-c3ccc(-c4cccc5ccccc45)cc3)cc2)c2ccc(-c3ccc4ccccc4c3)cc2)cc1. The van der Waals surface area contributed by atoms with Crippen LogP contribution in [0.4, 0.5) is 17.1 Å². The monoisotopic (exact) mass is 775 g/mol. The van der Waals surface area contributed by atoms with Crippen LogP contribution >= 0.6 is 0 Å². The van der Waals surface area contributed by atoms with Gasteiger partial charge in [-0.15, -0.1) is 0 Å². The van der Waals surface area contributed by atoms with Gasteiger partial charge in [0.1, 0.15) is 0 Å². The lowest BCUT2D eigenvalue weighted by Crippen LogP contribution is -2.11. The molecule has 286 valence electrons. The zero-order chi connectivity index (χ0) is 40.5. The maximum Gasteiger partial charge on any atom is 0.0546 e. The first-order valence-electron chi connectivity index (χ1n) is 21.0. The second-order valence-electron chi connectivity index (χ2n) is 15.8. The third-order valence-electron chi connectivity index (χ3n) is 12.1. The number of benzene rings is 11. The Bertz CT molecular complexity index is 3320. The first-order chi connectivity index (χ1) is 30.2. The van der Waals surface area contributed by atoms with Crippen LogP contribution < -0.4 is 4.90 Å². The maximum atomic E-state index is 2.42. The Morgan fingerprint density at radius 3 is 1.25 bits per heavy atom. The summed E-state index contributed by atoms with van der Waals surface area (Å²) in [6.07, 6.45) is 0. The molecule has 1 heteroatoms. The predicted molar refractivity (Wildman–Crippen MR) is 261 cm³/mol. The molecule has 0 aliphatic rings. The van der Waals surface area contributed by atoms with Gasteiger partial charge < -0.3 is 4.90 Å². The average Bonchev–Trinajstić information content (AvgIpc) is 3.34. The Morgan fingerprint density at radius 2 is 0.623 bits per heavy atom. The molecule has 0 N–H and O–H groups in total. The van der Waals surface area contributed by atoms with Crippen LogP contribution in [0.5, 0.6) is 0 Å². The molecule has 1 nitrogen and oxygen atoms in total. The lowest BCUT2D eigenvalue weighted by atomic mass is 9.95. The highest BCUT2D eigenvalue weighted by Gasteiger charge is 2.19. The van der Waals surface area contributed by atoms with Crippen LogP contribution in [-0.2, 0) is 0 Å². The highest BCUT2D eigenvalue weighted by atomic mass is 15.1. The number of fused-ring (bicyclic) bond motifs is 3. The smallest absolute Gasteiger partial charge is 0.0546 e. The first-order valence-corrected chi connectivity index (χ1v) is 21.0. The van der Waals surface area contributed by atoms with E-state index in [-0.39, 0.29) is 0 Å². The van der Waals surface area contributed by atoms with E-state index in [0.29, 0.717) is 0 Å². The van der Waals surface area contributed by atoms with Crippen LogP contribution in [-0.4, -0.2) is 0 Å². The van der Waals surface area contributed by atoms with Gasteiger partial charge in [-0.25, -0.2) is 0 Å². The number of anilines is 3. The molecule has 0 saturated carbocycles. The van der Waals surface area contributed by atoms with Crippen molar-refractivity contribution in [3.63, 3.8) is 0 Å². The molecule has 0 aliphatic carbocycles. The van der Waals surface area contributed by atoms with Crippen molar-refractivity contribution in [2.24, 2.45) is 0 Å². The van der Waals surface area contributed by atoms with E-state index < -0.39 is 0 Å². The quantitative estimate of drug-likeness (QED) is 0.149. The van der Waals surface area contributed by atoms with Crippen LogP contribution in [0.25, 0.3) is 88.0 Å². The fourth-order valence-corrected chi connectivity index (χ4v) is 8.85. The molecule has 0 aromatic heterocycles. The van der Waals surface area contributed by atoms with Crippen molar-refractivity contribution in [2.75, 3.05) is 4.90 Å². The number of rotatable bonds is 8. The van der Waals surface area contributed by atoms with E-state index in [0.717, 1.165) is 22.6 Å². The summed E-state index contributed by atoms with van der Waals surface area (Å²) in [6.45, 7) is 0. The highest BCUT2D eigenvalue weighted by Crippen LogP contribution is 2.44. The molecule has 0 atom stereocenters. The minimum atomic E-state index is 1.09. The molecule has 11 aromatic carbocycles. The molecule has 11 rings (SSSR count). The van der Waals surface area contributed by atoms with Crippen molar-refractivity contribution in [3.8, 4) is 55.6 Å². The molecular formula is C60H41N. The molecule has 0 amide bonds. The van der Waals surface area contributed by atoms with Crippen molar-refractivity contribution in [3.05, 3.63) is 249 Å². The molecular weight excluding hydrogens is 735 g/mol. The maximum absolute atomic E-state index is 2.42. The fraction of sp³-hybridized carbons (Fsp3) is 0. The molecule has 0 aliphatic heterocycles. The summed E-state index contributed by atoms with van der Waals surface area (Å²) in [6, 6.07) is 90.6. The molecule has 0 radical (unpaired) electrons. The summed E-state index contributed by atoms with van der Waals surface area (Å²) in [7, 11) is 0. The van der Waals surface area contributed by atoms with Gasteiger partial charge in [0.15, 0.2) is 0 Å². The topological polar surface area (TPSA) is 3.24 Å². The van der Waals surface area contributed by atoms with Crippen molar-refractivity contribution >= 4 is 49.4 Å². The molecule has 0 fully saturated rings. The van der Waals surface area contributed by atoms with Gasteiger partial charge in [-0.1, -0.05) is 206 Å². The van der Waals surface area contributed by atoms with E-state index >= 15 is 0 Å². The van der Waals surface area contributed by atoms with Crippen LogP contribution in [0.2, 0.25) is 0 Å². The Kier molecular flexibility index (Phi) is 9.26. The minimum Gasteiger partial charge on any atom is -0.310 e. The van der Waals surface area contributed by atoms with Gasteiger partial charge in [-0.2, -0.15) is 0 Å². The van der Waals surface area contributed by atoms with Crippen LogP contribution in [0.15, 0.2) is 249 Å². The lowest BCUT2D eigenvalue weighted by Gasteiger charge is -2.29. The Balaban J connectivity index is 1.02. The Hall–Kier alpha value is -8.00. The molecule has 0 unspecified atom stereocenters. The van der Waals surface area contributed by atoms with Crippen molar-refractivity contribution in [1.29, 1.82) is 0 Å². The van der Waals surface area contributed by atoms with Crippen molar-refractivity contribution < 1.29 is 0 Å². The third kappa shape index (κ3) is 7.03. The largest absolute Gasteiger partial charge is 0.310 e. The van der Waals surface area contributed by atoms with Gasteiger partial charge in [0.2, 0.25) is 0 Å². The number of nitrogens with zero attached hydrogens (tertiary/aromatic N) is 1. The molecule has 11 aromatic rings. The Morgan fingerprint density at radius 1 is 0.213 bits per heavy atom. The van der Waals surface area contributed by atoms with Gasteiger partial charge >= 0.3 is 0 Å². The van der Waals surface area contributed by atoms with Gasteiger partial charge in [-0.3, -0.25) is 0 Å². The highest BCUT2D eigenvalue weighted by molar-refractivity contribution is 5.97. The van der Waals surface area contributed by atoms with Gasteiger partial charge in [-0.05, 0) is 125 Å². The van der Waals surface area contributed by atoms with E-state index in [1.165, 1.54) is 82.4 Å². The van der Waals surface area contributed by atoms with Gasteiger partial charge in [0, 0.05) is 16.9 Å². The standard InChI is InChI=1S/C60H41N/c1-2-13-48(14-3-1)59-38-33-54(53-28-24-43-12-5-7-17-51(43)40-53)41-60(59)61(56-36-31-46(32-37-56)52-27-23-42-11-4-6-16-50(42)39-52)55-34-29-45(30-35-55)44-21-25-49(26-22-44)58-20-10-18-47-15-8-9-19-57(47)58/h1-41H. The summed E-state index contributed by atoms with van der Waals surface area (Å²) >= 11 is 0. The molecule has 61 heavy (non-hydrogen) atoms. The van der Waals surface area contributed by atoms with Crippen LogP contribution in [0.3, 0.4) is 0 Å². The zero-order valence-electron chi connectivity index (χ0n) is 33.6. The summed E-state index contributed by atoms with van der Waals surface area (Å²) in [5, 5.41) is 7.49. The molecule has 0 saturated heterocycles. The molecule has 0 spiro atoms. The summed E-state index contributed by atoms with van der Waals surface area (Å²) in [5.74, 6) is 0. The number of hydrogen-bond acceptors (Lipinski definition) is 1. The molecule has 0 bridgehead atoms. The second kappa shape index (κ2) is 15.6. The van der Waals surface area contributed by atoms with Crippen molar-refractivity contribution in [1.82, 2.24) is 0 Å². The summed E-state index contributed by atoms with van der Waals surface area (Å²) in [4.78, 5) is 2.42. The van der Waals surface area contributed by atoms with Crippen LogP contribution in [0.1, 0.15) is 0 Å². The predicted octanol–water partition coefficient (Wildman–Crippen LogP) is 17.0. The summed E-state index contributed by atoms with van der Waals surface area (Å²) in [5.41, 5.74) is 15.2. The second-order valence-corrected chi connectivity index (χ2v) is 15.8. The van der Waals surface area contributed by atoms with Crippen molar-refractivity contribution in [2.45, 2.75) is 0 Å². The van der Waals surface area contributed by atoms with Crippen LogP contribution in [0, 0.1) is 0 Å². The van der Waals surface area contributed by atoms with E-state index in [9.17, 15) is 0 Å². The van der Waals surface area contributed by atoms with E-state index in [1.807, 2.05) is 0 Å². The number of hydrogen-bond donors (Lipinski definition) is 0. The average molecular weight is 776 g/mol. The zero-order valence-corrected chi connectivity index (χ0v) is 33.6. The van der Waals surface area contributed by atoms with Gasteiger partial charge in [0.05, 0.1) is 5.69 Å². The third-order valence-corrected chi connectivity index (χ3v) is 12.1. The fourth-order valence-electron chi connectivity index (χ4n) is 8.85. The van der Waals surface area contributed by atoms with E-state index in [2.05, 4.69) is 254 Å². The normalized spacial score (nSPS) is 11.3. The first kappa shape index (κ1) is 36.1.